The maximum Gasteiger partial charge on any atom is 0.416 e. The van der Waals surface area contributed by atoms with Gasteiger partial charge in [0.1, 0.15) is 5.60 Å². The van der Waals surface area contributed by atoms with Crippen LogP contribution in [0.3, 0.4) is 0 Å². The number of para-hydroxylation sites is 1. The Hall–Kier alpha value is -2.71. The molecule has 30 heavy (non-hydrogen) atoms. The molecule has 2 aromatic rings. The van der Waals surface area contributed by atoms with Gasteiger partial charge in [0.05, 0.1) is 22.0 Å². The molecule has 1 spiro atoms. The average Bonchev–Trinajstić information content (AvgIpc) is 3.13. The number of hydrogen-bond donors (Lipinski definition) is 2. The Morgan fingerprint density at radius 3 is 2.40 bits per heavy atom. The fourth-order valence-corrected chi connectivity index (χ4v) is 3.73. The Bertz CT molecular complexity index is 968. The number of carbonyl (C=O) groups is 1. The first-order valence-electron chi connectivity index (χ1n) is 9.41. The molecule has 2 aromatic carbocycles. The minimum atomic E-state index is -4.37. The summed E-state index contributed by atoms with van der Waals surface area (Å²) in [6.45, 7) is 0.934. The second-order valence-electron chi connectivity index (χ2n) is 7.30. The number of hydrogen-bond acceptors (Lipinski definition) is 3. The lowest BCUT2D eigenvalue weighted by molar-refractivity contribution is -0.137. The van der Waals surface area contributed by atoms with Crippen LogP contribution in [-0.2, 0) is 11.0 Å². The molecule has 0 saturated carbocycles. The summed E-state index contributed by atoms with van der Waals surface area (Å²) in [4.78, 5) is 20.0. The molecular weight excluding hydrogens is 419 g/mol. The fraction of sp³-hybridized carbons (Fsp3) is 0.286. The van der Waals surface area contributed by atoms with Crippen LogP contribution in [0.2, 0.25) is 5.02 Å². The van der Waals surface area contributed by atoms with Crippen LogP contribution in [0.25, 0.3) is 5.70 Å². The zero-order valence-electron chi connectivity index (χ0n) is 15.8. The van der Waals surface area contributed by atoms with Gasteiger partial charge in [-0.25, -0.2) is 4.79 Å². The van der Waals surface area contributed by atoms with E-state index in [9.17, 15) is 18.0 Å². The lowest BCUT2D eigenvalue weighted by Gasteiger charge is -2.36. The molecule has 0 radical (unpaired) electrons. The maximum absolute atomic E-state index is 12.7. The molecule has 0 atom stereocenters. The number of alkyl halides is 3. The standard InChI is InChI=1S/C21H19ClF3N3O2/c22-16-3-1-2-4-17(16)26-19(29)28-11-9-20(10-12-28)13-18(27-30-20)14-5-7-15(8-6-14)21(23,24)25/h1-8,13,27H,9-12H2,(H,26,29). The van der Waals surface area contributed by atoms with E-state index in [1.165, 1.54) is 12.1 Å². The number of likely N-dealkylation sites (tertiary alicyclic amines) is 1. The molecule has 0 aromatic heterocycles. The molecule has 0 aliphatic carbocycles. The minimum Gasteiger partial charge on any atom is -0.324 e. The molecule has 2 aliphatic rings. The number of nitrogens with one attached hydrogen (secondary N) is 2. The highest BCUT2D eigenvalue weighted by Gasteiger charge is 2.40. The summed E-state index contributed by atoms with van der Waals surface area (Å²) < 4.78 is 38.2. The van der Waals surface area contributed by atoms with E-state index >= 15 is 0 Å². The number of nitrogens with zero attached hydrogens (tertiary/aromatic N) is 1. The van der Waals surface area contributed by atoms with Crippen LogP contribution < -0.4 is 10.8 Å². The van der Waals surface area contributed by atoms with Crippen molar-refractivity contribution in [2.24, 2.45) is 0 Å². The fourth-order valence-electron chi connectivity index (χ4n) is 3.55. The molecule has 1 saturated heterocycles. The van der Waals surface area contributed by atoms with Crippen molar-refractivity contribution in [3.63, 3.8) is 0 Å². The summed E-state index contributed by atoms with van der Waals surface area (Å²) in [5.41, 5.74) is 3.31. The normalized spacial score (nSPS) is 18.1. The average molecular weight is 438 g/mol. The van der Waals surface area contributed by atoms with Crippen molar-refractivity contribution in [2.45, 2.75) is 24.6 Å². The second-order valence-corrected chi connectivity index (χ2v) is 7.71. The van der Waals surface area contributed by atoms with Gasteiger partial charge in [-0.2, -0.15) is 13.2 Å². The van der Waals surface area contributed by atoms with E-state index in [0.717, 1.165) is 12.1 Å². The summed E-state index contributed by atoms with van der Waals surface area (Å²) in [7, 11) is 0. The van der Waals surface area contributed by atoms with E-state index in [1.54, 1.807) is 29.2 Å². The Morgan fingerprint density at radius 2 is 1.77 bits per heavy atom. The van der Waals surface area contributed by atoms with Gasteiger partial charge in [0.15, 0.2) is 0 Å². The third-order valence-corrected chi connectivity index (χ3v) is 5.64. The van der Waals surface area contributed by atoms with Gasteiger partial charge in [0.25, 0.3) is 0 Å². The van der Waals surface area contributed by atoms with E-state index in [0.29, 0.717) is 47.9 Å². The Balaban J connectivity index is 1.39. The highest BCUT2D eigenvalue weighted by Crippen LogP contribution is 2.36. The Kier molecular flexibility index (Phi) is 5.38. The zero-order chi connectivity index (χ0) is 21.4. The molecule has 2 N–H and O–H groups in total. The number of hydroxylamine groups is 1. The number of urea groups is 1. The highest BCUT2D eigenvalue weighted by molar-refractivity contribution is 6.33. The van der Waals surface area contributed by atoms with Gasteiger partial charge in [-0.05, 0) is 35.9 Å². The van der Waals surface area contributed by atoms with Crippen LogP contribution in [0, 0.1) is 0 Å². The van der Waals surface area contributed by atoms with Gasteiger partial charge >= 0.3 is 12.2 Å². The summed E-state index contributed by atoms with van der Waals surface area (Å²) >= 11 is 6.08. The number of carbonyl (C=O) groups excluding carboxylic acids is 1. The van der Waals surface area contributed by atoms with Gasteiger partial charge in [0, 0.05) is 25.9 Å². The van der Waals surface area contributed by atoms with E-state index in [1.807, 2.05) is 6.08 Å². The smallest absolute Gasteiger partial charge is 0.324 e. The predicted octanol–water partition coefficient (Wildman–Crippen LogP) is 5.30. The zero-order valence-corrected chi connectivity index (χ0v) is 16.6. The quantitative estimate of drug-likeness (QED) is 0.670. The maximum atomic E-state index is 12.7. The SMILES string of the molecule is O=C(Nc1ccccc1Cl)N1CCC2(C=C(c3ccc(C(F)(F)F)cc3)NO2)CC1. The van der Waals surface area contributed by atoms with Gasteiger partial charge in [-0.3, -0.25) is 10.3 Å². The van der Waals surface area contributed by atoms with Crippen LogP contribution in [0.15, 0.2) is 54.6 Å². The van der Waals surface area contributed by atoms with Crippen LogP contribution >= 0.6 is 11.6 Å². The summed E-state index contributed by atoms with van der Waals surface area (Å²) in [5.74, 6) is 0. The monoisotopic (exact) mass is 437 g/mol. The molecule has 1 fully saturated rings. The molecule has 2 aliphatic heterocycles. The van der Waals surface area contributed by atoms with Gasteiger partial charge in [0.2, 0.25) is 0 Å². The summed E-state index contributed by atoms with van der Waals surface area (Å²) in [5, 5.41) is 3.27. The largest absolute Gasteiger partial charge is 0.416 e. The highest BCUT2D eigenvalue weighted by atomic mass is 35.5. The molecule has 0 unspecified atom stereocenters. The van der Waals surface area contributed by atoms with E-state index in [-0.39, 0.29) is 6.03 Å². The number of piperidine rings is 1. The van der Waals surface area contributed by atoms with Crippen molar-refractivity contribution in [1.29, 1.82) is 0 Å². The molecule has 2 heterocycles. The molecule has 5 nitrogen and oxygen atoms in total. The first kappa shape index (κ1) is 20.6. The van der Waals surface area contributed by atoms with Crippen molar-refractivity contribution in [3.8, 4) is 0 Å². The molecule has 4 rings (SSSR count). The third-order valence-electron chi connectivity index (χ3n) is 5.31. The number of rotatable bonds is 2. The van der Waals surface area contributed by atoms with Crippen LogP contribution in [0.4, 0.5) is 23.7 Å². The third kappa shape index (κ3) is 4.24. The lowest BCUT2D eigenvalue weighted by atomic mass is 9.90. The van der Waals surface area contributed by atoms with Gasteiger partial charge in [-0.1, -0.05) is 35.9 Å². The topological polar surface area (TPSA) is 53.6 Å². The number of benzene rings is 2. The van der Waals surface area contributed by atoms with E-state index in [4.69, 9.17) is 16.4 Å². The predicted molar refractivity (Wildman–Crippen MR) is 108 cm³/mol. The second kappa shape index (κ2) is 7.85. The Morgan fingerprint density at radius 1 is 1.10 bits per heavy atom. The van der Waals surface area contributed by atoms with Crippen molar-refractivity contribution in [2.75, 3.05) is 18.4 Å². The number of amides is 2. The molecule has 2 amide bonds. The van der Waals surface area contributed by atoms with Crippen molar-refractivity contribution >= 4 is 29.0 Å². The van der Waals surface area contributed by atoms with Crippen LogP contribution in [0.1, 0.15) is 24.0 Å². The summed E-state index contributed by atoms with van der Waals surface area (Å²) in [6, 6.07) is 11.7. The van der Waals surface area contributed by atoms with Crippen molar-refractivity contribution in [3.05, 3.63) is 70.8 Å². The molecule has 158 valence electrons. The molecular formula is C21H19ClF3N3O2. The van der Waals surface area contributed by atoms with Crippen LogP contribution in [0.5, 0.6) is 0 Å². The van der Waals surface area contributed by atoms with Crippen molar-refractivity contribution < 1.29 is 22.8 Å². The molecule has 9 heteroatoms. The molecule has 0 bridgehead atoms. The number of anilines is 1. The lowest BCUT2D eigenvalue weighted by Crippen LogP contribution is -2.48. The van der Waals surface area contributed by atoms with Crippen LogP contribution in [-0.4, -0.2) is 29.6 Å². The summed E-state index contributed by atoms with van der Waals surface area (Å²) in [6.07, 6.45) is -1.37. The van der Waals surface area contributed by atoms with E-state index in [2.05, 4.69) is 10.8 Å². The minimum absolute atomic E-state index is 0.240. The van der Waals surface area contributed by atoms with E-state index < -0.39 is 17.3 Å². The first-order chi connectivity index (χ1) is 14.3. The number of halogens is 4. The van der Waals surface area contributed by atoms with Crippen molar-refractivity contribution in [1.82, 2.24) is 10.4 Å². The first-order valence-corrected chi connectivity index (χ1v) is 9.79. The Labute approximate surface area is 176 Å². The van der Waals surface area contributed by atoms with Gasteiger partial charge in [-0.15, -0.1) is 0 Å². The van der Waals surface area contributed by atoms with Gasteiger partial charge < -0.3 is 10.2 Å².